The van der Waals surface area contributed by atoms with Gasteiger partial charge in [0.05, 0.1) is 12.3 Å². The van der Waals surface area contributed by atoms with E-state index in [0.29, 0.717) is 33.6 Å². The normalized spacial score (nSPS) is 14.9. The van der Waals surface area contributed by atoms with Crippen LogP contribution in [0.5, 0.6) is 5.75 Å². The Bertz CT molecular complexity index is 1370. The lowest BCUT2D eigenvalue weighted by atomic mass is 10.00. The smallest absolute Gasteiger partial charge is 0.335 e. The molecule has 0 radical (unpaired) electrons. The van der Waals surface area contributed by atoms with Crippen LogP contribution in [0.15, 0.2) is 70.7 Å². The van der Waals surface area contributed by atoms with Gasteiger partial charge in [0.25, 0.3) is 11.8 Å². The number of nitrogens with one attached hydrogen (secondary N) is 1. The van der Waals surface area contributed by atoms with Gasteiger partial charge in [0.1, 0.15) is 17.1 Å². The molecule has 0 aliphatic carbocycles. The van der Waals surface area contributed by atoms with Crippen molar-refractivity contribution in [2.45, 2.75) is 20.3 Å². The zero-order valence-corrected chi connectivity index (χ0v) is 20.7. The third-order valence-electron chi connectivity index (χ3n) is 5.47. The van der Waals surface area contributed by atoms with Crippen molar-refractivity contribution in [2.24, 2.45) is 0 Å². The minimum absolute atomic E-state index is 0.192. The van der Waals surface area contributed by atoms with Crippen molar-refractivity contribution in [3.63, 3.8) is 0 Å². The summed E-state index contributed by atoms with van der Waals surface area (Å²) in [5.41, 5.74) is 2.78. The van der Waals surface area contributed by atoms with Crippen molar-refractivity contribution < 1.29 is 23.5 Å². The summed E-state index contributed by atoms with van der Waals surface area (Å²) in [7, 11) is 0. The Morgan fingerprint density at radius 3 is 2.54 bits per heavy atom. The first kappa shape index (κ1) is 24.3. The Hall–Kier alpha value is -3.78. The van der Waals surface area contributed by atoms with E-state index in [0.717, 1.165) is 16.0 Å². The molecular weight excluding hydrogens is 515 g/mol. The minimum Gasteiger partial charge on any atom is -0.494 e. The fraction of sp³-hybridized carbons (Fsp3) is 0.148. The largest absolute Gasteiger partial charge is 0.494 e. The summed E-state index contributed by atoms with van der Waals surface area (Å²) in [6.07, 6.45) is 1.70. The van der Waals surface area contributed by atoms with E-state index in [-0.39, 0.29) is 17.8 Å². The van der Waals surface area contributed by atoms with Crippen molar-refractivity contribution in [1.29, 1.82) is 0 Å². The van der Waals surface area contributed by atoms with Crippen LogP contribution in [0.1, 0.15) is 29.2 Å². The number of rotatable bonds is 6. The van der Waals surface area contributed by atoms with E-state index in [2.05, 4.69) is 21.2 Å². The lowest BCUT2D eigenvalue weighted by molar-refractivity contribution is -0.122. The molecule has 0 atom stereocenters. The van der Waals surface area contributed by atoms with Gasteiger partial charge in [0.15, 0.2) is 0 Å². The Morgan fingerprint density at radius 1 is 1.06 bits per heavy atom. The molecule has 4 rings (SSSR count). The maximum absolute atomic E-state index is 14.3. The van der Waals surface area contributed by atoms with Crippen molar-refractivity contribution in [3.8, 4) is 5.75 Å². The monoisotopic (exact) mass is 536 g/mol. The Balaban J connectivity index is 1.73. The average molecular weight is 537 g/mol. The number of hydrogen-bond donors (Lipinski definition) is 1. The summed E-state index contributed by atoms with van der Waals surface area (Å²) < 4.78 is 20.7. The summed E-state index contributed by atoms with van der Waals surface area (Å²) in [5, 5.41) is 2.23. The summed E-state index contributed by atoms with van der Waals surface area (Å²) in [6.45, 7) is 4.04. The van der Waals surface area contributed by atoms with Gasteiger partial charge in [-0.2, -0.15) is 0 Å². The first-order chi connectivity index (χ1) is 16.8. The van der Waals surface area contributed by atoms with E-state index in [1.807, 2.05) is 19.9 Å². The third-order valence-corrected chi connectivity index (χ3v) is 6.18. The summed E-state index contributed by atoms with van der Waals surface area (Å²) >= 11 is 3.53. The van der Waals surface area contributed by atoms with E-state index >= 15 is 0 Å². The summed E-state index contributed by atoms with van der Waals surface area (Å²) in [6, 6.07) is 16.0. The van der Waals surface area contributed by atoms with Crippen LogP contribution in [0.3, 0.4) is 0 Å². The zero-order valence-electron chi connectivity index (χ0n) is 19.1. The second kappa shape index (κ2) is 10.2. The molecule has 1 aliphatic rings. The summed E-state index contributed by atoms with van der Waals surface area (Å²) in [4.78, 5) is 39.2. The van der Waals surface area contributed by atoms with Crippen LogP contribution in [0.2, 0.25) is 0 Å². The number of nitrogens with zero attached hydrogens (tertiary/aromatic N) is 1. The maximum Gasteiger partial charge on any atom is 0.335 e. The van der Waals surface area contributed by atoms with E-state index in [1.54, 1.807) is 48.5 Å². The molecule has 4 amide bonds. The Labute approximate surface area is 210 Å². The molecule has 1 saturated heterocycles. The van der Waals surface area contributed by atoms with Crippen LogP contribution < -0.4 is 15.0 Å². The predicted molar refractivity (Wildman–Crippen MR) is 135 cm³/mol. The molecule has 1 N–H and O–H groups in total. The molecule has 3 aromatic rings. The molecule has 0 spiro atoms. The molecule has 35 heavy (non-hydrogen) atoms. The molecule has 0 unspecified atom stereocenters. The second-order valence-corrected chi connectivity index (χ2v) is 8.83. The van der Waals surface area contributed by atoms with Crippen LogP contribution >= 0.6 is 15.9 Å². The van der Waals surface area contributed by atoms with Gasteiger partial charge in [0, 0.05) is 16.5 Å². The van der Waals surface area contributed by atoms with Gasteiger partial charge in [-0.05, 0) is 66.9 Å². The van der Waals surface area contributed by atoms with Gasteiger partial charge in [-0.25, -0.2) is 14.1 Å². The van der Waals surface area contributed by atoms with E-state index in [9.17, 15) is 18.8 Å². The van der Waals surface area contributed by atoms with Crippen molar-refractivity contribution in [1.82, 2.24) is 5.32 Å². The van der Waals surface area contributed by atoms with E-state index < -0.39 is 17.8 Å². The highest BCUT2D eigenvalue weighted by Crippen LogP contribution is 2.33. The summed E-state index contributed by atoms with van der Waals surface area (Å²) in [5.74, 6) is -1.34. The van der Waals surface area contributed by atoms with E-state index in [1.165, 1.54) is 12.1 Å². The van der Waals surface area contributed by atoms with Crippen molar-refractivity contribution in [2.75, 3.05) is 11.5 Å². The fourth-order valence-corrected chi connectivity index (χ4v) is 4.43. The van der Waals surface area contributed by atoms with Crippen LogP contribution in [0.4, 0.5) is 14.9 Å². The molecule has 3 aromatic carbocycles. The van der Waals surface area contributed by atoms with Crippen LogP contribution in [-0.4, -0.2) is 24.5 Å². The first-order valence-corrected chi connectivity index (χ1v) is 11.7. The second-order valence-electron chi connectivity index (χ2n) is 7.98. The van der Waals surface area contributed by atoms with Crippen LogP contribution in [-0.2, 0) is 16.0 Å². The topological polar surface area (TPSA) is 75.7 Å². The molecule has 0 bridgehead atoms. The van der Waals surface area contributed by atoms with E-state index in [4.69, 9.17) is 4.74 Å². The van der Waals surface area contributed by atoms with Gasteiger partial charge in [-0.15, -0.1) is 0 Å². The molecule has 8 heteroatoms. The molecule has 1 aliphatic heterocycles. The lowest BCUT2D eigenvalue weighted by Crippen LogP contribution is -2.54. The Kier molecular flexibility index (Phi) is 7.12. The lowest BCUT2D eigenvalue weighted by Gasteiger charge is -2.26. The third kappa shape index (κ3) is 5.17. The molecular formula is C27H22BrFN2O4. The number of imide groups is 2. The van der Waals surface area contributed by atoms with Crippen LogP contribution in [0.25, 0.3) is 6.08 Å². The zero-order chi connectivity index (χ0) is 25.1. The average Bonchev–Trinajstić information content (AvgIpc) is 2.80. The number of carbonyl (C=O) groups is 3. The SMILES string of the molecule is CCOc1cc(/C=C2\C(=O)NC(=O)N(c3cccc(C)c3)C2=O)cc(Br)c1Cc1ccccc1F. The standard InChI is InChI=1S/C27H22BrFN2O4/c1-3-35-24-14-17(13-22(28)20(24)15-18-8-4-5-10-23(18)29)12-21-25(32)30-27(34)31(26(21)33)19-9-6-7-16(2)11-19/h4-14H,3,15H2,1-2H3,(H,30,32,34)/b21-12+. The van der Waals surface area contributed by atoms with Gasteiger partial charge >= 0.3 is 6.03 Å². The Morgan fingerprint density at radius 2 is 1.83 bits per heavy atom. The number of carbonyl (C=O) groups excluding carboxylic acids is 3. The maximum atomic E-state index is 14.3. The van der Waals surface area contributed by atoms with Crippen molar-refractivity contribution in [3.05, 3.63) is 98.8 Å². The van der Waals surface area contributed by atoms with Gasteiger partial charge in [-0.1, -0.05) is 46.3 Å². The highest BCUT2D eigenvalue weighted by molar-refractivity contribution is 9.10. The predicted octanol–water partition coefficient (Wildman–Crippen LogP) is 5.55. The van der Waals surface area contributed by atoms with Gasteiger partial charge in [-0.3, -0.25) is 14.9 Å². The highest BCUT2D eigenvalue weighted by Gasteiger charge is 2.36. The van der Waals surface area contributed by atoms with Crippen molar-refractivity contribution >= 4 is 45.5 Å². The van der Waals surface area contributed by atoms with Gasteiger partial charge < -0.3 is 4.74 Å². The van der Waals surface area contributed by atoms with Gasteiger partial charge in [0.2, 0.25) is 0 Å². The molecule has 178 valence electrons. The number of anilines is 1. The van der Waals surface area contributed by atoms with Crippen LogP contribution in [0, 0.1) is 12.7 Å². The number of urea groups is 1. The minimum atomic E-state index is -0.806. The molecule has 0 saturated carbocycles. The quantitative estimate of drug-likeness (QED) is 0.331. The molecule has 1 fully saturated rings. The fourth-order valence-electron chi connectivity index (χ4n) is 3.83. The molecule has 1 heterocycles. The number of ether oxygens (including phenoxy) is 1. The number of barbiturate groups is 1. The number of benzene rings is 3. The highest BCUT2D eigenvalue weighted by atomic mass is 79.9. The number of aryl methyl sites for hydroxylation is 1. The first-order valence-electron chi connectivity index (χ1n) is 10.9. The number of hydrogen-bond acceptors (Lipinski definition) is 4. The molecule has 0 aromatic heterocycles. The number of amides is 4. The molecule has 6 nitrogen and oxygen atoms in total. The number of halogens is 2.